The fraction of sp³-hybridized carbons (Fsp3) is 0.211. The molecule has 0 aliphatic rings. The summed E-state index contributed by atoms with van der Waals surface area (Å²) in [5, 5.41) is 2.55. The summed E-state index contributed by atoms with van der Waals surface area (Å²) in [6.45, 7) is 1.75. The number of carbonyl (C=O) groups excluding carboxylic acids is 3. The van der Waals surface area contributed by atoms with Crippen molar-refractivity contribution in [3.63, 3.8) is 0 Å². The maximum atomic E-state index is 12.1. The zero-order chi connectivity index (χ0) is 19.8. The quantitative estimate of drug-likeness (QED) is 0.685. The van der Waals surface area contributed by atoms with E-state index in [0.717, 1.165) is 0 Å². The van der Waals surface area contributed by atoms with Crippen molar-refractivity contribution < 1.29 is 28.6 Å². The Bertz CT molecular complexity index is 833. The summed E-state index contributed by atoms with van der Waals surface area (Å²) in [5.41, 5.74) is 6.15. The molecule has 2 aromatic carbocycles. The van der Waals surface area contributed by atoms with Crippen LogP contribution in [0, 0.1) is 0 Å². The molecule has 0 bridgehead atoms. The van der Waals surface area contributed by atoms with Gasteiger partial charge >= 0.3 is 5.97 Å². The van der Waals surface area contributed by atoms with Gasteiger partial charge in [-0.2, -0.15) is 0 Å². The molecule has 8 heteroatoms. The Morgan fingerprint density at radius 2 is 1.67 bits per heavy atom. The summed E-state index contributed by atoms with van der Waals surface area (Å²) >= 11 is 0. The first-order chi connectivity index (χ1) is 12.9. The van der Waals surface area contributed by atoms with Gasteiger partial charge in [-0.1, -0.05) is 0 Å². The second-order valence-corrected chi connectivity index (χ2v) is 5.36. The van der Waals surface area contributed by atoms with E-state index in [-0.39, 0.29) is 5.56 Å². The summed E-state index contributed by atoms with van der Waals surface area (Å²) in [4.78, 5) is 35.1. The molecular formula is C19H20N2O6. The highest BCUT2D eigenvalue weighted by molar-refractivity contribution is 5.97. The van der Waals surface area contributed by atoms with E-state index in [1.165, 1.54) is 43.5 Å². The number of benzene rings is 2. The van der Waals surface area contributed by atoms with E-state index in [1.54, 1.807) is 6.07 Å². The third kappa shape index (κ3) is 5.46. The number of nitrogens with two attached hydrogens (primary N) is 1. The van der Waals surface area contributed by atoms with E-state index < -0.39 is 24.4 Å². The number of rotatable bonds is 8. The van der Waals surface area contributed by atoms with Crippen LogP contribution in [0.25, 0.3) is 0 Å². The molecule has 0 heterocycles. The first-order valence-electron chi connectivity index (χ1n) is 8.12. The summed E-state index contributed by atoms with van der Waals surface area (Å²) in [6.07, 6.45) is 0. The number of amides is 2. The number of esters is 1. The van der Waals surface area contributed by atoms with Crippen molar-refractivity contribution in [2.24, 2.45) is 5.73 Å². The minimum Gasteiger partial charge on any atom is -0.493 e. The second kappa shape index (κ2) is 9.23. The molecule has 2 amide bonds. The molecule has 0 aromatic heterocycles. The maximum Gasteiger partial charge on any atom is 0.338 e. The molecular weight excluding hydrogens is 352 g/mol. The number of anilines is 1. The molecule has 0 fully saturated rings. The zero-order valence-electron chi connectivity index (χ0n) is 15.0. The third-order valence-electron chi connectivity index (χ3n) is 3.49. The van der Waals surface area contributed by atoms with Crippen molar-refractivity contribution in [3.05, 3.63) is 53.6 Å². The zero-order valence-corrected chi connectivity index (χ0v) is 15.0. The summed E-state index contributed by atoms with van der Waals surface area (Å²) < 4.78 is 15.6. The number of hydrogen-bond donors (Lipinski definition) is 2. The molecule has 0 spiro atoms. The minimum atomic E-state index is -0.669. The Kier molecular flexibility index (Phi) is 6.76. The van der Waals surface area contributed by atoms with Crippen LogP contribution in [0.4, 0.5) is 5.69 Å². The van der Waals surface area contributed by atoms with Crippen molar-refractivity contribution in [1.82, 2.24) is 0 Å². The van der Waals surface area contributed by atoms with Crippen LogP contribution in [0.3, 0.4) is 0 Å². The second-order valence-electron chi connectivity index (χ2n) is 5.36. The van der Waals surface area contributed by atoms with Gasteiger partial charge in [0.2, 0.25) is 5.91 Å². The minimum absolute atomic E-state index is 0.234. The smallest absolute Gasteiger partial charge is 0.338 e. The molecule has 0 unspecified atom stereocenters. The Balaban J connectivity index is 1.93. The molecule has 27 heavy (non-hydrogen) atoms. The number of primary amides is 1. The van der Waals surface area contributed by atoms with E-state index in [2.05, 4.69) is 5.32 Å². The predicted molar refractivity (Wildman–Crippen MR) is 98.0 cm³/mol. The average molecular weight is 372 g/mol. The Hall–Kier alpha value is -3.55. The van der Waals surface area contributed by atoms with Gasteiger partial charge in [-0.15, -0.1) is 0 Å². The van der Waals surface area contributed by atoms with Crippen molar-refractivity contribution in [1.29, 1.82) is 0 Å². The first kappa shape index (κ1) is 19.8. The van der Waals surface area contributed by atoms with E-state index >= 15 is 0 Å². The summed E-state index contributed by atoms with van der Waals surface area (Å²) in [5.74, 6) is -0.849. The van der Waals surface area contributed by atoms with Gasteiger partial charge in [-0.25, -0.2) is 4.79 Å². The monoisotopic (exact) mass is 372 g/mol. The lowest BCUT2D eigenvalue weighted by molar-refractivity contribution is -0.119. The average Bonchev–Trinajstić information content (AvgIpc) is 2.66. The lowest BCUT2D eigenvalue weighted by Gasteiger charge is -2.11. The van der Waals surface area contributed by atoms with Crippen LogP contribution in [-0.4, -0.2) is 38.1 Å². The molecule has 0 saturated carbocycles. The van der Waals surface area contributed by atoms with Gasteiger partial charge in [0.15, 0.2) is 18.1 Å². The SMILES string of the molecule is CCOc1cc(C(=O)OCC(=O)Nc2ccc(C(N)=O)cc2)ccc1OC. The van der Waals surface area contributed by atoms with Crippen LogP contribution in [-0.2, 0) is 9.53 Å². The number of hydrogen-bond acceptors (Lipinski definition) is 6. The van der Waals surface area contributed by atoms with Gasteiger partial charge < -0.3 is 25.3 Å². The standard InChI is InChI=1S/C19H20N2O6/c1-3-26-16-10-13(6-9-15(16)25-2)19(24)27-11-17(22)21-14-7-4-12(5-8-14)18(20)23/h4-10H,3,11H2,1-2H3,(H2,20,23)(H,21,22). The lowest BCUT2D eigenvalue weighted by Crippen LogP contribution is -2.21. The van der Waals surface area contributed by atoms with Crippen LogP contribution in [0.1, 0.15) is 27.6 Å². The van der Waals surface area contributed by atoms with Crippen molar-refractivity contribution in [2.45, 2.75) is 6.92 Å². The first-order valence-corrected chi connectivity index (χ1v) is 8.12. The van der Waals surface area contributed by atoms with Crippen LogP contribution >= 0.6 is 0 Å². The van der Waals surface area contributed by atoms with E-state index in [0.29, 0.717) is 29.4 Å². The Labute approximate surface area is 156 Å². The van der Waals surface area contributed by atoms with Gasteiger partial charge in [0.25, 0.3) is 5.91 Å². The highest BCUT2D eigenvalue weighted by Gasteiger charge is 2.14. The highest BCUT2D eigenvalue weighted by Crippen LogP contribution is 2.28. The largest absolute Gasteiger partial charge is 0.493 e. The van der Waals surface area contributed by atoms with E-state index in [1.807, 2.05) is 6.92 Å². The molecule has 2 aromatic rings. The normalized spacial score (nSPS) is 10.0. The molecule has 0 aliphatic heterocycles. The molecule has 8 nitrogen and oxygen atoms in total. The number of ether oxygens (including phenoxy) is 3. The van der Waals surface area contributed by atoms with Gasteiger partial charge in [0.1, 0.15) is 0 Å². The van der Waals surface area contributed by atoms with Gasteiger partial charge in [0.05, 0.1) is 19.3 Å². The third-order valence-corrected chi connectivity index (χ3v) is 3.49. The van der Waals surface area contributed by atoms with Crippen molar-refractivity contribution in [2.75, 3.05) is 25.6 Å². The molecule has 0 saturated heterocycles. The van der Waals surface area contributed by atoms with Crippen LogP contribution in [0.15, 0.2) is 42.5 Å². The Morgan fingerprint density at radius 1 is 1.00 bits per heavy atom. The van der Waals surface area contributed by atoms with E-state index in [9.17, 15) is 14.4 Å². The molecule has 0 radical (unpaired) electrons. The molecule has 2 rings (SSSR count). The molecule has 0 atom stereocenters. The maximum absolute atomic E-state index is 12.1. The lowest BCUT2D eigenvalue weighted by atomic mass is 10.2. The van der Waals surface area contributed by atoms with Gasteiger partial charge in [-0.3, -0.25) is 9.59 Å². The Morgan fingerprint density at radius 3 is 2.26 bits per heavy atom. The van der Waals surface area contributed by atoms with Crippen molar-refractivity contribution in [3.8, 4) is 11.5 Å². The topological polar surface area (TPSA) is 117 Å². The number of nitrogens with one attached hydrogen (secondary N) is 1. The number of carbonyl (C=O) groups is 3. The van der Waals surface area contributed by atoms with Crippen LogP contribution < -0.4 is 20.5 Å². The van der Waals surface area contributed by atoms with Crippen LogP contribution in [0.5, 0.6) is 11.5 Å². The highest BCUT2D eigenvalue weighted by atomic mass is 16.5. The fourth-order valence-electron chi connectivity index (χ4n) is 2.20. The fourth-order valence-corrected chi connectivity index (χ4v) is 2.20. The van der Waals surface area contributed by atoms with Gasteiger partial charge in [-0.05, 0) is 49.4 Å². The van der Waals surface area contributed by atoms with Crippen molar-refractivity contribution >= 4 is 23.5 Å². The van der Waals surface area contributed by atoms with Crippen LogP contribution in [0.2, 0.25) is 0 Å². The summed E-state index contributed by atoms with van der Waals surface area (Å²) in [7, 11) is 1.50. The molecule has 3 N–H and O–H groups in total. The number of methoxy groups -OCH3 is 1. The van der Waals surface area contributed by atoms with E-state index in [4.69, 9.17) is 19.9 Å². The molecule has 142 valence electrons. The summed E-state index contributed by atoms with van der Waals surface area (Å²) in [6, 6.07) is 10.6. The predicted octanol–water partition coefficient (Wildman–Crippen LogP) is 1.99. The molecule has 0 aliphatic carbocycles. The van der Waals surface area contributed by atoms with Gasteiger partial charge in [0, 0.05) is 11.3 Å².